The molecule has 0 saturated heterocycles. The molecular formula is C12H21N3O3. The highest BCUT2D eigenvalue weighted by atomic mass is 16.5. The predicted octanol–water partition coefficient (Wildman–Crippen LogP) is 1.42. The van der Waals surface area contributed by atoms with Gasteiger partial charge in [0, 0.05) is 5.56 Å². The molecule has 0 spiro atoms. The summed E-state index contributed by atoms with van der Waals surface area (Å²) in [5.41, 5.74) is 1.66. The second-order valence-electron chi connectivity index (χ2n) is 4.37. The third-order valence-corrected chi connectivity index (χ3v) is 2.92. The number of hydrogen-bond donors (Lipinski definition) is 3. The molecule has 18 heavy (non-hydrogen) atoms. The van der Waals surface area contributed by atoms with Crippen LogP contribution in [-0.2, 0) is 0 Å². The first kappa shape index (κ1) is 14.5. The molecule has 1 unspecified atom stereocenters. The number of nitrogens with zero attached hydrogens (tertiary/aromatic N) is 1. The first-order chi connectivity index (χ1) is 8.49. The molecule has 1 aromatic heterocycles. The Morgan fingerprint density at radius 2 is 2.11 bits per heavy atom. The Balaban J connectivity index is 2.60. The fraction of sp³-hybridized carbons (Fsp3) is 0.667. The zero-order chi connectivity index (χ0) is 13.7. The van der Waals surface area contributed by atoms with Crippen molar-refractivity contribution in [1.29, 1.82) is 0 Å². The van der Waals surface area contributed by atoms with Crippen molar-refractivity contribution in [3.63, 3.8) is 0 Å². The monoisotopic (exact) mass is 255 g/mol. The maximum absolute atomic E-state index is 11.7. The van der Waals surface area contributed by atoms with Crippen LogP contribution in [0.2, 0.25) is 0 Å². The fourth-order valence-corrected chi connectivity index (χ4v) is 1.88. The van der Waals surface area contributed by atoms with Gasteiger partial charge in [-0.1, -0.05) is 12.1 Å². The van der Waals surface area contributed by atoms with Crippen LogP contribution in [-0.4, -0.2) is 28.9 Å². The van der Waals surface area contributed by atoms with Crippen LogP contribution in [0.15, 0.2) is 4.52 Å². The summed E-state index contributed by atoms with van der Waals surface area (Å²) in [5, 5.41) is 18.4. The van der Waals surface area contributed by atoms with Gasteiger partial charge in [-0.25, -0.2) is 4.79 Å². The van der Waals surface area contributed by atoms with Gasteiger partial charge in [0.2, 0.25) is 0 Å². The Kier molecular flexibility index (Phi) is 5.15. The summed E-state index contributed by atoms with van der Waals surface area (Å²) in [6.45, 7) is 7.35. The molecule has 2 amide bonds. The molecule has 0 aliphatic carbocycles. The van der Waals surface area contributed by atoms with Gasteiger partial charge in [0.1, 0.15) is 5.76 Å². The molecule has 2 atom stereocenters. The van der Waals surface area contributed by atoms with Crippen LogP contribution in [0.1, 0.15) is 43.3 Å². The Morgan fingerprint density at radius 1 is 1.44 bits per heavy atom. The average Bonchev–Trinajstić information content (AvgIpc) is 2.65. The van der Waals surface area contributed by atoms with Crippen molar-refractivity contribution in [2.75, 3.05) is 6.61 Å². The molecule has 0 aliphatic heterocycles. The summed E-state index contributed by atoms with van der Waals surface area (Å²) in [4.78, 5) is 11.7. The van der Waals surface area contributed by atoms with Crippen LogP contribution >= 0.6 is 0 Å². The first-order valence-electron chi connectivity index (χ1n) is 6.10. The van der Waals surface area contributed by atoms with Gasteiger partial charge in [0.15, 0.2) is 0 Å². The van der Waals surface area contributed by atoms with Crippen LogP contribution in [0.25, 0.3) is 0 Å². The fourth-order valence-electron chi connectivity index (χ4n) is 1.88. The molecule has 6 heteroatoms. The molecule has 1 rings (SSSR count). The predicted molar refractivity (Wildman–Crippen MR) is 67.2 cm³/mol. The Bertz CT molecular complexity index is 380. The molecule has 0 saturated carbocycles. The zero-order valence-corrected chi connectivity index (χ0v) is 11.3. The minimum absolute atomic E-state index is 0.0659. The van der Waals surface area contributed by atoms with E-state index in [-0.39, 0.29) is 24.7 Å². The van der Waals surface area contributed by atoms with Gasteiger partial charge in [-0.3, -0.25) is 0 Å². The molecule has 6 nitrogen and oxygen atoms in total. The molecule has 0 aliphatic rings. The van der Waals surface area contributed by atoms with E-state index in [4.69, 9.17) is 9.63 Å². The van der Waals surface area contributed by atoms with Gasteiger partial charge in [-0.05, 0) is 27.2 Å². The van der Waals surface area contributed by atoms with Crippen LogP contribution in [0, 0.1) is 13.8 Å². The number of carbonyl (C=O) groups is 1. The highest BCUT2D eigenvalue weighted by Crippen LogP contribution is 2.20. The summed E-state index contributed by atoms with van der Waals surface area (Å²) >= 11 is 0. The lowest BCUT2D eigenvalue weighted by molar-refractivity contribution is 0.212. The van der Waals surface area contributed by atoms with Crippen LogP contribution in [0.3, 0.4) is 0 Å². The van der Waals surface area contributed by atoms with Gasteiger partial charge in [-0.15, -0.1) is 0 Å². The van der Waals surface area contributed by atoms with E-state index < -0.39 is 0 Å². The number of aryl methyl sites for hydroxylation is 2. The highest BCUT2D eigenvalue weighted by Gasteiger charge is 2.19. The number of urea groups is 1. The summed E-state index contributed by atoms with van der Waals surface area (Å²) in [5.74, 6) is 0.703. The molecule has 0 fully saturated rings. The number of nitrogens with one attached hydrogen (secondary N) is 2. The third kappa shape index (κ3) is 3.46. The van der Waals surface area contributed by atoms with E-state index in [1.165, 1.54) is 0 Å². The van der Waals surface area contributed by atoms with E-state index in [0.29, 0.717) is 12.2 Å². The van der Waals surface area contributed by atoms with Crippen molar-refractivity contribution in [2.45, 2.75) is 46.2 Å². The summed E-state index contributed by atoms with van der Waals surface area (Å²) < 4.78 is 5.06. The summed E-state index contributed by atoms with van der Waals surface area (Å²) in [7, 11) is 0. The van der Waals surface area contributed by atoms with E-state index in [1.54, 1.807) is 0 Å². The molecule has 1 aromatic rings. The van der Waals surface area contributed by atoms with E-state index >= 15 is 0 Å². The second-order valence-corrected chi connectivity index (χ2v) is 4.37. The summed E-state index contributed by atoms with van der Waals surface area (Å²) in [6, 6.07) is -0.710. The largest absolute Gasteiger partial charge is 0.394 e. The lowest BCUT2D eigenvalue weighted by Gasteiger charge is -2.18. The molecule has 102 valence electrons. The molecule has 0 bridgehead atoms. The van der Waals surface area contributed by atoms with Gasteiger partial charge < -0.3 is 20.3 Å². The maximum Gasteiger partial charge on any atom is 0.315 e. The average molecular weight is 255 g/mol. The van der Waals surface area contributed by atoms with Crippen molar-refractivity contribution in [2.24, 2.45) is 0 Å². The smallest absolute Gasteiger partial charge is 0.315 e. The normalized spacial score (nSPS) is 14.1. The van der Waals surface area contributed by atoms with Crippen molar-refractivity contribution in [3.05, 3.63) is 17.0 Å². The standard InChI is InChI=1S/C12H21N3O3/c1-5-10(6-16)14-12(17)13-7(2)11-8(3)15-18-9(11)4/h7,10,16H,5-6H2,1-4H3,(H2,13,14,17)/t7?,10-/m0/s1. The van der Waals surface area contributed by atoms with Crippen LogP contribution in [0.4, 0.5) is 4.79 Å². The topological polar surface area (TPSA) is 87.4 Å². The number of aromatic nitrogens is 1. The van der Waals surface area contributed by atoms with Crippen molar-refractivity contribution in [1.82, 2.24) is 15.8 Å². The van der Waals surface area contributed by atoms with E-state index in [1.807, 2.05) is 27.7 Å². The molecule has 0 radical (unpaired) electrons. The third-order valence-electron chi connectivity index (χ3n) is 2.92. The number of aliphatic hydroxyl groups is 1. The second kappa shape index (κ2) is 6.39. The molecular weight excluding hydrogens is 234 g/mol. The number of carbonyl (C=O) groups excluding carboxylic acids is 1. The van der Waals surface area contributed by atoms with E-state index in [2.05, 4.69) is 15.8 Å². The SMILES string of the molecule is CC[C@@H](CO)NC(=O)NC(C)c1c(C)noc1C. The minimum Gasteiger partial charge on any atom is -0.394 e. The number of hydrogen-bond acceptors (Lipinski definition) is 4. The van der Waals surface area contributed by atoms with Gasteiger partial charge in [-0.2, -0.15) is 0 Å². The lowest BCUT2D eigenvalue weighted by Crippen LogP contribution is -2.44. The Labute approximate surface area is 107 Å². The van der Waals surface area contributed by atoms with Crippen molar-refractivity contribution < 1.29 is 14.4 Å². The van der Waals surface area contributed by atoms with Crippen LogP contribution in [0.5, 0.6) is 0 Å². The Hall–Kier alpha value is -1.56. The zero-order valence-electron chi connectivity index (χ0n) is 11.3. The minimum atomic E-state index is -0.302. The van der Waals surface area contributed by atoms with E-state index in [0.717, 1.165) is 11.3 Å². The summed E-state index contributed by atoms with van der Waals surface area (Å²) in [6.07, 6.45) is 0.684. The molecule has 1 heterocycles. The first-order valence-corrected chi connectivity index (χ1v) is 6.10. The number of rotatable bonds is 5. The van der Waals surface area contributed by atoms with Gasteiger partial charge in [0.25, 0.3) is 0 Å². The molecule has 0 aromatic carbocycles. The van der Waals surface area contributed by atoms with Crippen LogP contribution < -0.4 is 10.6 Å². The van der Waals surface area contributed by atoms with Gasteiger partial charge in [0.05, 0.1) is 24.4 Å². The van der Waals surface area contributed by atoms with Crippen molar-refractivity contribution >= 4 is 6.03 Å². The maximum atomic E-state index is 11.7. The van der Waals surface area contributed by atoms with Gasteiger partial charge >= 0.3 is 6.03 Å². The van der Waals surface area contributed by atoms with Crippen molar-refractivity contribution in [3.8, 4) is 0 Å². The highest BCUT2D eigenvalue weighted by molar-refractivity contribution is 5.74. The molecule has 3 N–H and O–H groups in total. The number of amides is 2. The Morgan fingerprint density at radius 3 is 2.56 bits per heavy atom. The van der Waals surface area contributed by atoms with E-state index in [9.17, 15) is 4.79 Å². The number of aliphatic hydroxyl groups excluding tert-OH is 1. The lowest BCUT2D eigenvalue weighted by atomic mass is 10.1. The quantitative estimate of drug-likeness (QED) is 0.742.